The molecule has 2 aromatic heterocycles. The summed E-state index contributed by atoms with van der Waals surface area (Å²) >= 11 is 0. The molecule has 2 heterocycles. The van der Waals surface area contributed by atoms with Crippen LogP contribution in [-0.2, 0) is 16.2 Å². The number of hydrogen-bond acceptors (Lipinski definition) is 3. The average molecular weight is 795 g/mol. The van der Waals surface area contributed by atoms with Crippen LogP contribution in [0.15, 0.2) is 140 Å². The number of rotatable bonds is 6. The first-order valence-electron chi connectivity index (χ1n) is 24.2. The summed E-state index contributed by atoms with van der Waals surface area (Å²) in [6.45, 7) is 10.5. The minimum absolute atomic E-state index is 0.0781. The molecule has 8 rings (SSSR count). The maximum absolute atomic E-state index is 11.8. The number of benzene rings is 6. The minimum atomic E-state index is -2.92. The normalized spacial score (nSPS) is 14.4. The maximum Gasteiger partial charge on any atom is 0.149 e. The zero-order valence-electron chi connectivity index (χ0n) is 42.8. The van der Waals surface area contributed by atoms with Crippen molar-refractivity contribution in [2.75, 3.05) is 0 Å². The topological polar surface area (TPSA) is 50.9 Å². The van der Waals surface area contributed by atoms with E-state index in [1.165, 1.54) is 12.1 Å². The number of pyridine rings is 1. The summed E-state index contributed by atoms with van der Waals surface area (Å²) in [5, 5.41) is 11.8. The third-order valence-corrected chi connectivity index (χ3v) is 11.4. The van der Waals surface area contributed by atoms with E-state index < -0.39 is 26.0 Å². The highest BCUT2D eigenvalue weighted by molar-refractivity contribution is 5.97. The zero-order valence-corrected chi connectivity index (χ0v) is 35.8. The summed E-state index contributed by atoms with van der Waals surface area (Å²) in [5.74, 6) is 0.819. The number of nitrogens with zero attached hydrogens (tertiary/aromatic N) is 3. The second kappa shape index (κ2) is 15.1. The van der Waals surface area contributed by atoms with Gasteiger partial charge in [-0.25, -0.2) is 4.98 Å². The molecule has 0 saturated heterocycles. The van der Waals surface area contributed by atoms with Crippen LogP contribution in [0.25, 0.3) is 72.7 Å². The van der Waals surface area contributed by atoms with Gasteiger partial charge in [0.15, 0.2) is 0 Å². The van der Waals surface area contributed by atoms with Gasteiger partial charge in [-0.15, -0.1) is 0 Å². The summed E-state index contributed by atoms with van der Waals surface area (Å²) in [6, 6.07) is 44.1. The average Bonchev–Trinajstić information content (AvgIpc) is 3.66. The van der Waals surface area contributed by atoms with Gasteiger partial charge in [0, 0.05) is 26.9 Å². The van der Waals surface area contributed by atoms with E-state index in [9.17, 15) is 5.11 Å². The van der Waals surface area contributed by atoms with Crippen molar-refractivity contribution in [2.45, 2.75) is 92.2 Å². The fraction of sp³-hybridized carbons (Fsp3) is 0.250. The summed E-state index contributed by atoms with van der Waals surface area (Å²) in [5.41, 5.74) is 11.8. The van der Waals surface area contributed by atoms with Gasteiger partial charge in [0.2, 0.25) is 0 Å². The van der Waals surface area contributed by atoms with Crippen LogP contribution in [0.5, 0.6) is 5.75 Å². The smallest absolute Gasteiger partial charge is 0.149 e. The molecule has 0 aliphatic rings. The van der Waals surface area contributed by atoms with E-state index in [-0.39, 0.29) is 22.1 Å². The molecule has 4 heteroatoms. The number of imidazole rings is 1. The van der Waals surface area contributed by atoms with E-state index in [2.05, 4.69) is 125 Å². The lowest BCUT2D eigenvalue weighted by Gasteiger charge is -2.26. The van der Waals surface area contributed by atoms with Gasteiger partial charge in [-0.05, 0) is 134 Å². The molecule has 0 amide bonds. The standard InChI is InChI=1S/C56H57N3O/c1-35-28-36(2)52(60)46(29-35)53-58-51-45(18-15-19-50(51)59(53)49-25-22-39(33-47(49)56(9,10)11)37-16-13-12-14-17-37)41-30-42(32-44(31-41)55(6,7)8)48-34-40(26-27-57-48)38-20-23-43(24-21-38)54(3,4)5/h12-34,60H,1-11H3/i3D,4D3,5D3. The van der Waals surface area contributed by atoms with Crippen molar-refractivity contribution in [3.63, 3.8) is 0 Å². The molecule has 8 aromatic rings. The highest BCUT2D eigenvalue weighted by atomic mass is 16.3. The van der Waals surface area contributed by atoms with Gasteiger partial charge in [0.1, 0.15) is 11.6 Å². The first kappa shape index (κ1) is 32.6. The fourth-order valence-corrected chi connectivity index (χ4v) is 8.11. The first-order valence-corrected chi connectivity index (χ1v) is 20.5. The van der Waals surface area contributed by atoms with E-state index >= 15 is 0 Å². The van der Waals surface area contributed by atoms with Crippen LogP contribution in [0.3, 0.4) is 0 Å². The Morgan fingerprint density at radius 3 is 1.97 bits per heavy atom. The molecule has 4 nitrogen and oxygen atoms in total. The molecule has 6 aromatic carbocycles. The molecule has 0 atom stereocenters. The number of hydrogen-bond donors (Lipinski definition) is 1. The van der Waals surface area contributed by atoms with Crippen molar-refractivity contribution in [1.29, 1.82) is 0 Å². The molecule has 0 bridgehead atoms. The molecule has 60 heavy (non-hydrogen) atoms. The van der Waals surface area contributed by atoms with Crippen LogP contribution in [0.2, 0.25) is 0 Å². The monoisotopic (exact) mass is 794 g/mol. The van der Waals surface area contributed by atoms with Crippen molar-refractivity contribution in [1.82, 2.24) is 14.5 Å². The summed E-state index contributed by atoms with van der Waals surface area (Å²) in [4.78, 5) is 10.4. The lowest BCUT2D eigenvalue weighted by atomic mass is 9.83. The highest BCUT2D eigenvalue weighted by Crippen LogP contribution is 2.43. The van der Waals surface area contributed by atoms with Gasteiger partial charge in [-0.3, -0.25) is 9.55 Å². The van der Waals surface area contributed by atoms with Gasteiger partial charge in [0.25, 0.3) is 0 Å². The number of fused-ring (bicyclic) bond motifs is 1. The van der Waals surface area contributed by atoms with E-state index in [0.29, 0.717) is 17.1 Å². The number of aromatic nitrogens is 3. The van der Waals surface area contributed by atoms with Gasteiger partial charge >= 0.3 is 0 Å². The molecule has 0 spiro atoms. The van der Waals surface area contributed by atoms with Crippen LogP contribution < -0.4 is 0 Å². The molecule has 0 aliphatic heterocycles. The van der Waals surface area contributed by atoms with Crippen molar-refractivity contribution in [2.24, 2.45) is 0 Å². The molecule has 0 radical (unpaired) electrons. The number of phenols is 1. The van der Waals surface area contributed by atoms with Crippen molar-refractivity contribution in [3.8, 4) is 67.5 Å². The lowest BCUT2D eigenvalue weighted by Crippen LogP contribution is -2.16. The van der Waals surface area contributed by atoms with Crippen molar-refractivity contribution >= 4 is 11.0 Å². The Morgan fingerprint density at radius 2 is 1.27 bits per heavy atom. The third-order valence-electron chi connectivity index (χ3n) is 11.4. The Labute approximate surface area is 366 Å². The van der Waals surface area contributed by atoms with Gasteiger partial charge in [0.05, 0.1) is 28.0 Å². The molecule has 0 aliphatic carbocycles. The quantitative estimate of drug-likeness (QED) is 0.182. The van der Waals surface area contributed by atoms with E-state index in [1.54, 1.807) is 18.3 Å². The molecule has 0 fully saturated rings. The Bertz CT molecular complexity index is 3120. The van der Waals surface area contributed by atoms with Crippen LogP contribution in [-0.4, -0.2) is 19.6 Å². The Balaban J connectivity index is 1.32. The predicted octanol–water partition coefficient (Wildman–Crippen LogP) is 15.0. The molecule has 1 N–H and O–H groups in total. The number of para-hydroxylation sites is 1. The predicted molar refractivity (Wildman–Crippen MR) is 253 cm³/mol. The van der Waals surface area contributed by atoms with Crippen molar-refractivity contribution < 1.29 is 14.7 Å². The second-order valence-corrected chi connectivity index (χ2v) is 18.2. The maximum atomic E-state index is 11.8. The molecule has 0 unspecified atom stereocenters. The third kappa shape index (κ3) is 7.79. The minimum Gasteiger partial charge on any atom is -0.507 e. The van der Waals surface area contributed by atoms with Crippen LogP contribution in [0.4, 0.5) is 0 Å². The first-order chi connectivity index (χ1) is 31.4. The fourth-order valence-electron chi connectivity index (χ4n) is 8.11. The van der Waals surface area contributed by atoms with Crippen molar-refractivity contribution in [3.05, 3.63) is 167 Å². The van der Waals surface area contributed by atoms with Crippen LogP contribution >= 0.6 is 0 Å². The lowest BCUT2D eigenvalue weighted by molar-refractivity contribution is 0.472. The molecular weight excluding hydrogens is 731 g/mol. The molecular formula is C56H57N3O. The highest BCUT2D eigenvalue weighted by Gasteiger charge is 2.27. The van der Waals surface area contributed by atoms with Gasteiger partial charge in [-0.1, -0.05) is 147 Å². The number of aryl methyl sites for hydroxylation is 2. The molecule has 0 saturated carbocycles. The molecule has 302 valence electrons. The number of phenolic OH excluding ortho intramolecular Hbond substituents is 1. The second-order valence-electron chi connectivity index (χ2n) is 18.2. The summed E-state index contributed by atoms with van der Waals surface area (Å²) in [6.07, 6.45) is 1.74. The van der Waals surface area contributed by atoms with Crippen LogP contribution in [0, 0.1) is 13.8 Å². The van der Waals surface area contributed by atoms with E-state index in [1.807, 2.05) is 44.2 Å². The van der Waals surface area contributed by atoms with E-state index in [4.69, 9.17) is 19.6 Å². The largest absolute Gasteiger partial charge is 0.507 e. The Kier molecular flexibility index (Phi) is 8.19. The summed E-state index contributed by atoms with van der Waals surface area (Å²) in [7, 11) is 0. The Hall–Kier alpha value is -6.26. The summed E-state index contributed by atoms with van der Waals surface area (Å²) < 4.78 is 59.3. The number of aromatic hydroxyl groups is 1. The zero-order chi connectivity index (χ0) is 48.4. The van der Waals surface area contributed by atoms with Crippen LogP contribution in [0.1, 0.15) is 99.6 Å². The van der Waals surface area contributed by atoms with Gasteiger partial charge < -0.3 is 5.11 Å². The van der Waals surface area contributed by atoms with Gasteiger partial charge in [-0.2, -0.15) is 0 Å². The Morgan fingerprint density at radius 1 is 0.567 bits per heavy atom. The SMILES string of the molecule is [2H]CC(c1ccc(-c2ccnc(-c3cc(-c4cccc5c4nc(-c4cc(C)cc(C)c4O)n5-c4ccc(-c5ccccc5)cc4C(C)(C)C)cc(C(C)(C)C)c3)c2)cc1)(C([2H])([2H])[2H])C([2H])([2H])[2H]. The van der Waals surface area contributed by atoms with E-state index in [0.717, 1.165) is 77.9 Å².